The summed E-state index contributed by atoms with van der Waals surface area (Å²) >= 11 is 1.67. The lowest BCUT2D eigenvalue weighted by Crippen LogP contribution is -2.33. The number of carbonyl (C=O) groups excluding carboxylic acids is 2. The number of nitrogens with zero attached hydrogens (tertiary/aromatic N) is 1. The molecule has 1 unspecified atom stereocenters. The monoisotopic (exact) mass is 358 g/mol. The largest absolute Gasteiger partial charge is 0.355 e. The van der Waals surface area contributed by atoms with Crippen molar-refractivity contribution in [1.82, 2.24) is 5.32 Å². The predicted octanol–water partition coefficient (Wildman–Crippen LogP) is 3.77. The average Bonchev–Trinajstić information content (AvgIpc) is 3.04. The van der Waals surface area contributed by atoms with Gasteiger partial charge in [0, 0.05) is 30.1 Å². The van der Waals surface area contributed by atoms with Gasteiger partial charge in [-0.1, -0.05) is 11.6 Å². The van der Waals surface area contributed by atoms with Crippen LogP contribution in [0.4, 0.5) is 5.69 Å². The fourth-order valence-electron chi connectivity index (χ4n) is 3.52. The van der Waals surface area contributed by atoms with Gasteiger partial charge in [0.15, 0.2) is 0 Å². The molecule has 1 aromatic rings. The van der Waals surface area contributed by atoms with E-state index in [0.717, 1.165) is 18.5 Å². The minimum atomic E-state index is -0.243. The van der Waals surface area contributed by atoms with Gasteiger partial charge in [-0.05, 0) is 62.6 Å². The van der Waals surface area contributed by atoms with E-state index in [9.17, 15) is 9.59 Å². The molecule has 2 amide bonds. The summed E-state index contributed by atoms with van der Waals surface area (Å²) in [4.78, 5) is 27.6. The molecule has 1 aliphatic heterocycles. The van der Waals surface area contributed by atoms with Crippen molar-refractivity contribution >= 4 is 29.3 Å². The van der Waals surface area contributed by atoms with Crippen LogP contribution in [-0.2, 0) is 9.59 Å². The topological polar surface area (TPSA) is 49.4 Å². The highest BCUT2D eigenvalue weighted by Gasteiger charge is 2.34. The third-order valence-electron chi connectivity index (χ3n) is 5.01. The van der Waals surface area contributed by atoms with Gasteiger partial charge < -0.3 is 10.2 Å². The van der Waals surface area contributed by atoms with E-state index in [1.807, 2.05) is 30.5 Å². The van der Waals surface area contributed by atoms with Crippen molar-refractivity contribution in [2.75, 3.05) is 24.2 Å². The zero-order valence-electron chi connectivity index (χ0n) is 14.8. The number of nitrogens with one attached hydrogen (secondary N) is 1. The number of hydrogen-bond acceptors (Lipinski definition) is 3. The van der Waals surface area contributed by atoms with Crippen LogP contribution in [0.5, 0.6) is 0 Å². The molecule has 0 bridgehead atoms. The zero-order valence-corrected chi connectivity index (χ0v) is 15.6. The normalized spacial score (nSPS) is 20.5. The highest BCUT2D eigenvalue weighted by atomic mass is 32.2. The number of rotatable bonds is 6. The minimum absolute atomic E-state index is 0.00740. The van der Waals surface area contributed by atoms with Crippen molar-refractivity contribution in [3.63, 3.8) is 0 Å². The number of hydrogen-bond donors (Lipinski definition) is 1. The molecule has 1 fully saturated rings. The highest BCUT2D eigenvalue weighted by Crippen LogP contribution is 2.27. The summed E-state index contributed by atoms with van der Waals surface area (Å²) in [5.74, 6) is -0.201. The molecular formula is C20H26N2O2S. The lowest BCUT2D eigenvalue weighted by Gasteiger charge is -2.17. The second-order valence-corrected chi connectivity index (χ2v) is 7.63. The third kappa shape index (κ3) is 4.66. The van der Waals surface area contributed by atoms with Crippen LogP contribution in [0.3, 0.4) is 0 Å². The Hall–Kier alpha value is -1.75. The Bertz CT molecular complexity index is 654. The number of thioether (sulfide) groups is 1. The second-order valence-electron chi connectivity index (χ2n) is 6.75. The first-order chi connectivity index (χ1) is 12.2. The van der Waals surface area contributed by atoms with Crippen LogP contribution in [0, 0.1) is 5.92 Å². The standard InChI is InChI=1S/C20H26N2O2S/c1-25-18-9-7-17(8-10-18)22-14-16(13-19(22)23)20(24)21-12-11-15-5-3-2-4-6-15/h5,7-10,16H,2-4,6,11-14H2,1H3,(H,21,24). The van der Waals surface area contributed by atoms with Gasteiger partial charge in [-0.2, -0.15) is 0 Å². The Morgan fingerprint density at radius 1 is 1.28 bits per heavy atom. The number of anilines is 1. The molecule has 1 aliphatic carbocycles. The molecule has 5 heteroatoms. The van der Waals surface area contributed by atoms with Gasteiger partial charge in [0.25, 0.3) is 0 Å². The van der Waals surface area contributed by atoms with E-state index in [4.69, 9.17) is 0 Å². The van der Waals surface area contributed by atoms with Crippen LogP contribution in [0.2, 0.25) is 0 Å². The van der Waals surface area contributed by atoms with Gasteiger partial charge in [-0.15, -0.1) is 11.8 Å². The van der Waals surface area contributed by atoms with Crippen LogP contribution in [0.15, 0.2) is 40.8 Å². The van der Waals surface area contributed by atoms with Crippen molar-refractivity contribution in [2.45, 2.75) is 43.4 Å². The second kappa shape index (κ2) is 8.56. The van der Waals surface area contributed by atoms with Crippen molar-refractivity contribution in [1.29, 1.82) is 0 Å². The van der Waals surface area contributed by atoms with Crippen LogP contribution >= 0.6 is 11.8 Å². The molecule has 25 heavy (non-hydrogen) atoms. The summed E-state index contributed by atoms with van der Waals surface area (Å²) in [6, 6.07) is 7.94. The van der Waals surface area contributed by atoms with Crippen LogP contribution in [0.25, 0.3) is 0 Å². The van der Waals surface area contributed by atoms with Crippen molar-refractivity contribution in [3.05, 3.63) is 35.9 Å². The molecule has 0 spiro atoms. The molecular weight excluding hydrogens is 332 g/mol. The molecule has 4 nitrogen and oxygen atoms in total. The molecule has 0 saturated carbocycles. The summed E-state index contributed by atoms with van der Waals surface area (Å²) in [7, 11) is 0. The van der Waals surface area contributed by atoms with Crippen LogP contribution < -0.4 is 10.2 Å². The Morgan fingerprint density at radius 3 is 2.76 bits per heavy atom. The van der Waals surface area contributed by atoms with Gasteiger partial charge >= 0.3 is 0 Å². The zero-order chi connectivity index (χ0) is 17.6. The Labute approximate surface area is 154 Å². The quantitative estimate of drug-likeness (QED) is 0.622. The third-order valence-corrected chi connectivity index (χ3v) is 5.75. The van der Waals surface area contributed by atoms with E-state index in [1.165, 1.54) is 29.7 Å². The Kier molecular flexibility index (Phi) is 6.19. The molecule has 0 aromatic heterocycles. The highest BCUT2D eigenvalue weighted by molar-refractivity contribution is 7.98. The summed E-state index contributed by atoms with van der Waals surface area (Å²) in [5, 5.41) is 3.02. The summed E-state index contributed by atoms with van der Waals surface area (Å²) in [6.07, 6.45) is 10.5. The molecule has 1 N–H and O–H groups in total. The molecule has 1 heterocycles. The predicted molar refractivity (Wildman–Crippen MR) is 103 cm³/mol. The Morgan fingerprint density at radius 2 is 2.08 bits per heavy atom. The van der Waals surface area contributed by atoms with Crippen LogP contribution in [-0.4, -0.2) is 31.2 Å². The fourth-order valence-corrected chi connectivity index (χ4v) is 3.93. The van der Waals surface area contributed by atoms with Crippen molar-refractivity contribution in [3.8, 4) is 0 Å². The average molecular weight is 359 g/mol. The first-order valence-corrected chi connectivity index (χ1v) is 10.3. The lowest BCUT2D eigenvalue weighted by atomic mass is 9.97. The first-order valence-electron chi connectivity index (χ1n) is 9.07. The number of allylic oxidation sites excluding steroid dienone is 1. The molecule has 0 radical (unpaired) electrons. The van der Waals surface area contributed by atoms with E-state index in [0.29, 0.717) is 19.5 Å². The van der Waals surface area contributed by atoms with E-state index in [1.54, 1.807) is 16.7 Å². The van der Waals surface area contributed by atoms with E-state index >= 15 is 0 Å². The van der Waals surface area contributed by atoms with Gasteiger partial charge in [0.2, 0.25) is 11.8 Å². The summed E-state index contributed by atoms with van der Waals surface area (Å²) < 4.78 is 0. The number of benzene rings is 1. The fraction of sp³-hybridized carbons (Fsp3) is 0.500. The van der Waals surface area contributed by atoms with Crippen LogP contribution in [0.1, 0.15) is 38.5 Å². The maximum Gasteiger partial charge on any atom is 0.227 e. The minimum Gasteiger partial charge on any atom is -0.355 e. The maximum absolute atomic E-state index is 12.4. The molecule has 1 atom stereocenters. The molecule has 134 valence electrons. The molecule has 1 saturated heterocycles. The summed E-state index contributed by atoms with van der Waals surface area (Å²) in [5.41, 5.74) is 2.34. The van der Waals surface area contributed by atoms with Crippen molar-refractivity contribution in [2.24, 2.45) is 5.92 Å². The number of amides is 2. The van der Waals surface area contributed by atoms with Gasteiger partial charge in [0.1, 0.15) is 0 Å². The van der Waals surface area contributed by atoms with E-state index in [2.05, 4.69) is 11.4 Å². The SMILES string of the molecule is CSc1ccc(N2CC(C(=O)NCCC3=CCCCC3)CC2=O)cc1. The van der Waals surface area contributed by atoms with Gasteiger partial charge in [0.05, 0.1) is 5.92 Å². The molecule has 2 aliphatic rings. The van der Waals surface area contributed by atoms with E-state index in [-0.39, 0.29) is 17.7 Å². The lowest BCUT2D eigenvalue weighted by molar-refractivity contribution is -0.126. The first kappa shape index (κ1) is 18.1. The van der Waals surface area contributed by atoms with Crippen molar-refractivity contribution < 1.29 is 9.59 Å². The summed E-state index contributed by atoms with van der Waals surface area (Å²) in [6.45, 7) is 1.16. The van der Waals surface area contributed by atoms with Gasteiger partial charge in [-0.3, -0.25) is 9.59 Å². The molecule has 1 aromatic carbocycles. The Balaban J connectivity index is 1.50. The van der Waals surface area contributed by atoms with Gasteiger partial charge in [-0.25, -0.2) is 0 Å². The number of carbonyl (C=O) groups is 2. The smallest absolute Gasteiger partial charge is 0.227 e. The maximum atomic E-state index is 12.4. The van der Waals surface area contributed by atoms with E-state index < -0.39 is 0 Å². The molecule has 3 rings (SSSR count).